The van der Waals surface area contributed by atoms with Crippen molar-refractivity contribution in [3.63, 3.8) is 0 Å². The number of aromatic nitrogens is 1. The number of carbonyl (C=O) groups is 3. The molecule has 10 heteroatoms. The standard InChI is InChI=1S/C27H23N3O6S/c1-5-35-26(34)20-15(3)28-27-29(22(20)17-12-10-14(2)11-13-17)25(33)23(37-27)21-18-8-6-7-9-19(18)30(24(21)32)36-16(4)31/h6-13,22H,5H2,1-4H3. The number of rotatable bonds is 4. The molecule has 1 atom stereocenters. The van der Waals surface area contributed by atoms with Crippen molar-refractivity contribution < 1.29 is 24.0 Å². The summed E-state index contributed by atoms with van der Waals surface area (Å²) in [6, 6.07) is 13.5. The second-order valence-electron chi connectivity index (χ2n) is 8.61. The van der Waals surface area contributed by atoms with E-state index in [1.54, 1.807) is 38.1 Å². The van der Waals surface area contributed by atoms with Crippen molar-refractivity contribution in [2.24, 2.45) is 4.99 Å². The van der Waals surface area contributed by atoms with E-state index in [9.17, 15) is 19.2 Å². The summed E-state index contributed by atoms with van der Waals surface area (Å²) in [7, 11) is 0. The summed E-state index contributed by atoms with van der Waals surface area (Å²) in [5.41, 5.74) is 2.88. The normalized spacial score (nSPS) is 17.8. The third-order valence-electron chi connectivity index (χ3n) is 6.12. The lowest BCUT2D eigenvalue weighted by Crippen LogP contribution is -2.41. The molecule has 5 rings (SSSR count). The highest BCUT2D eigenvalue weighted by atomic mass is 32.1. The number of benzene rings is 2. The van der Waals surface area contributed by atoms with Crippen LogP contribution in [-0.2, 0) is 24.0 Å². The molecule has 0 fully saturated rings. The van der Waals surface area contributed by atoms with Gasteiger partial charge in [-0.05, 0) is 32.4 Å². The van der Waals surface area contributed by atoms with Crippen LogP contribution in [0, 0.1) is 6.92 Å². The van der Waals surface area contributed by atoms with E-state index in [2.05, 4.69) is 4.99 Å². The van der Waals surface area contributed by atoms with E-state index in [4.69, 9.17) is 9.57 Å². The van der Waals surface area contributed by atoms with Crippen molar-refractivity contribution in [2.75, 3.05) is 11.7 Å². The van der Waals surface area contributed by atoms with Gasteiger partial charge >= 0.3 is 11.9 Å². The number of amides is 1. The smallest absolute Gasteiger partial charge is 0.338 e. The third-order valence-corrected chi connectivity index (χ3v) is 7.18. The lowest BCUT2D eigenvalue weighted by molar-refractivity contribution is -0.146. The first kappa shape index (κ1) is 24.4. The van der Waals surface area contributed by atoms with Crippen LogP contribution < -0.4 is 20.0 Å². The Bertz CT molecular complexity index is 1680. The van der Waals surface area contributed by atoms with Crippen LogP contribution in [0.25, 0.3) is 5.57 Å². The summed E-state index contributed by atoms with van der Waals surface area (Å²) in [6.07, 6.45) is 0. The quantitative estimate of drug-likeness (QED) is 0.492. The average molecular weight is 518 g/mol. The minimum atomic E-state index is -0.790. The van der Waals surface area contributed by atoms with E-state index in [0.717, 1.165) is 22.0 Å². The van der Waals surface area contributed by atoms with E-state index in [1.807, 2.05) is 31.2 Å². The largest absolute Gasteiger partial charge is 0.463 e. The predicted octanol–water partition coefficient (Wildman–Crippen LogP) is 2.30. The van der Waals surface area contributed by atoms with Crippen LogP contribution >= 0.6 is 11.3 Å². The van der Waals surface area contributed by atoms with Crippen LogP contribution in [0.4, 0.5) is 5.69 Å². The van der Waals surface area contributed by atoms with E-state index in [-0.39, 0.29) is 22.3 Å². The number of anilines is 1. The van der Waals surface area contributed by atoms with Crippen molar-refractivity contribution in [2.45, 2.75) is 33.7 Å². The molecule has 3 aromatic rings. The lowest BCUT2D eigenvalue weighted by Gasteiger charge is -2.24. The second kappa shape index (κ2) is 9.29. The highest BCUT2D eigenvalue weighted by Gasteiger charge is 2.38. The molecule has 188 valence electrons. The SMILES string of the molecule is CCOC(=O)C1=C(C)N=c2sc(=C3C(=O)N(OC(C)=O)c4ccccc43)c(=O)n2C1c1ccc(C)cc1. The van der Waals surface area contributed by atoms with Gasteiger partial charge in [-0.25, -0.2) is 14.6 Å². The highest BCUT2D eigenvalue weighted by molar-refractivity contribution is 7.07. The molecule has 9 nitrogen and oxygen atoms in total. The van der Waals surface area contributed by atoms with Crippen molar-refractivity contribution in [3.8, 4) is 0 Å². The molecule has 1 aromatic heterocycles. The van der Waals surface area contributed by atoms with Crippen LogP contribution in [0.2, 0.25) is 0 Å². The van der Waals surface area contributed by atoms with E-state index >= 15 is 0 Å². The Kier molecular flexibility index (Phi) is 6.12. The zero-order chi connectivity index (χ0) is 26.4. The van der Waals surface area contributed by atoms with Gasteiger partial charge in [-0.1, -0.05) is 59.4 Å². The molecular weight excluding hydrogens is 494 g/mol. The highest BCUT2D eigenvalue weighted by Crippen LogP contribution is 2.36. The van der Waals surface area contributed by atoms with Gasteiger partial charge in [0, 0.05) is 12.5 Å². The monoisotopic (exact) mass is 517 g/mol. The lowest BCUT2D eigenvalue weighted by atomic mass is 9.95. The van der Waals surface area contributed by atoms with Crippen LogP contribution in [0.15, 0.2) is 69.6 Å². The molecule has 0 radical (unpaired) electrons. The topological polar surface area (TPSA) is 107 Å². The molecule has 3 heterocycles. The minimum Gasteiger partial charge on any atom is -0.463 e. The first-order chi connectivity index (χ1) is 17.7. The zero-order valence-corrected chi connectivity index (χ0v) is 21.4. The second-order valence-corrected chi connectivity index (χ2v) is 9.59. The van der Waals surface area contributed by atoms with Crippen molar-refractivity contribution in [3.05, 3.63) is 96.2 Å². The molecule has 1 unspecified atom stereocenters. The van der Waals surface area contributed by atoms with Crippen LogP contribution in [-0.4, -0.2) is 29.0 Å². The molecule has 0 saturated heterocycles. The van der Waals surface area contributed by atoms with Gasteiger partial charge < -0.3 is 9.57 Å². The van der Waals surface area contributed by atoms with Crippen LogP contribution in [0.1, 0.15) is 43.5 Å². The molecule has 1 amide bonds. The molecule has 37 heavy (non-hydrogen) atoms. The number of hydroxylamine groups is 1. The number of para-hydroxylation sites is 1. The summed E-state index contributed by atoms with van der Waals surface area (Å²) >= 11 is 1.05. The van der Waals surface area contributed by atoms with Gasteiger partial charge in [0.15, 0.2) is 4.80 Å². The Labute approximate surface area is 215 Å². The third kappa shape index (κ3) is 3.99. The van der Waals surface area contributed by atoms with Crippen LogP contribution in [0.5, 0.6) is 0 Å². The van der Waals surface area contributed by atoms with Gasteiger partial charge in [-0.2, -0.15) is 0 Å². The van der Waals surface area contributed by atoms with E-state index in [1.165, 1.54) is 11.5 Å². The molecule has 0 spiro atoms. The van der Waals surface area contributed by atoms with Crippen molar-refractivity contribution >= 4 is 40.4 Å². The van der Waals surface area contributed by atoms with E-state index in [0.29, 0.717) is 27.3 Å². The van der Waals surface area contributed by atoms with Gasteiger partial charge in [-0.15, -0.1) is 5.06 Å². The summed E-state index contributed by atoms with van der Waals surface area (Å²) in [6.45, 7) is 6.73. The van der Waals surface area contributed by atoms with Crippen LogP contribution in [0.3, 0.4) is 0 Å². The summed E-state index contributed by atoms with van der Waals surface area (Å²) in [4.78, 5) is 62.2. The van der Waals surface area contributed by atoms with Gasteiger partial charge in [0.2, 0.25) is 0 Å². The Balaban J connectivity index is 1.80. The average Bonchev–Trinajstić information content (AvgIpc) is 3.31. The first-order valence-corrected chi connectivity index (χ1v) is 12.5. The summed E-state index contributed by atoms with van der Waals surface area (Å²) < 4.78 is 6.89. The summed E-state index contributed by atoms with van der Waals surface area (Å²) in [5.74, 6) is -1.86. The molecule has 0 bridgehead atoms. The minimum absolute atomic E-state index is 0.113. The number of allylic oxidation sites excluding steroid dienone is 1. The van der Waals surface area contributed by atoms with Crippen molar-refractivity contribution in [1.29, 1.82) is 0 Å². The van der Waals surface area contributed by atoms with Gasteiger partial charge in [0.25, 0.3) is 11.5 Å². The van der Waals surface area contributed by atoms with E-state index < -0.39 is 29.4 Å². The van der Waals surface area contributed by atoms with Gasteiger partial charge in [0.1, 0.15) is 4.53 Å². The number of nitrogens with zero attached hydrogens (tertiary/aromatic N) is 3. The Morgan fingerprint density at radius 1 is 1.05 bits per heavy atom. The Hall–Kier alpha value is -4.31. The predicted molar refractivity (Wildman–Crippen MR) is 136 cm³/mol. The Morgan fingerprint density at radius 3 is 2.43 bits per heavy atom. The maximum Gasteiger partial charge on any atom is 0.338 e. The number of hydrogen-bond acceptors (Lipinski definition) is 8. The number of aryl methyl sites for hydroxylation is 1. The maximum absolute atomic E-state index is 14.0. The van der Waals surface area contributed by atoms with Crippen molar-refractivity contribution in [1.82, 2.24) is 4.57 Å². The zero-order valence-electron chi connectivity index (χ0n) is 20.6. The fraction of sp³-hybridized carbons (Fsp3) is 0.222. The van der Waals surface area contributed by atoms with Gasteiger partial charge in [-0.3, -0.25) is 14.2 Å². The van der Waals surface area contributed by atoms with Gasteiger partial charge in [0.05, 0.1) is 35.2 Å². The number of esters is 1. The Morgan fingerprint density at radius 2 is 1.76 bits per heavy atom. The first-order valence-electron chi connectivity index (χ1n) is 11.6. The fourth-order valence-electron chi connectivity index (χ4n) is 4.53. The molecule has 2 aliphatic rings. The molecule has 2 aliphatic heterocycles. The number of thiazole rings is 1. The fourth-order valence-corrected chi connectivity index (χ4v) is 5.67. The molecule has 0 saturated carbocycles. The molecule has 2 aromatic carbocycles. The molecule has 0 aliphatic carbocycles. The summed E-state index contributed by atoms with van der Waals surface area (Å²) in [5, 5.41) is 0.901. The molecule has 0 N–H and O–H groups in total. The maximum atomic E-state index is 14.0. The number of ether oxygens (including phenoxy) is 1. The number of fused-ring (bicyclic) bond motifs is 2. The molecular formula is C27H23N3O6S. The number of carbonyl (C=O) groups excluding carboxylic acids is 3. The number of hydrogen-bond donors (Lipinski definition) is 0.